The largest absolute Gasteiger partial charge is 0.480 e. The monoisotopic (exact) mass is 259 g/mol. The zero-order chi connectivity index (χ0) is 13.2. The van der Waals surface area contributed by atoms with Crippen LogP contribution in [0, 0.1) is 5.92 Å². The molecule has 2 rings (SSSR count). The molecule has 96 valence electrons. The van der Waals surface area contributed by atoms with Crippen LogP contribution < -0.4 is 0 Å². The molecule has 1 amide bonds. The van der Waals surface area contributed by atoms with Crippen molar-refractivity contribution in [2.75, 3.05) is 0 Å². The number of halogens is 5. The van der Waals surface area contributed by atoms with Crippen molar-refractivity contribution in [3.8, 4) is 0 Å². The number of piperidine rings is 1. The van der Waals surface area contributed by atoms with Gasteiger partial charge in [0.15, 0.2) is 0 Å². The van der Waals surface area contributed by atoms with Gasteiger partial charge in [0.25, 0.3) is 5.92 Å². The number of carbonyl (C=O) groups excluding carboxylic acids is 1. The van der Waals surface area contributed by atoms with Crippen molar-refractivity contribution in [2.24, 2.45) is 5.92 Å². The number of rotatable bonds is 1. The van der Waals surface area contributed by atoms with Crippen molar-refractivity contribution < 1.29 is 36.6 Å². The first-order valence-electron chi connectivity index (χ1n) is 4.58. The standard InChI is InChI=1S/C8H6F5NO3/c9-7(10)2-1-3(5(15)16)14(4(2)7)6(17)8(11,12)13/h2-4H,1H2,(H,15,16)/t2-,3-,4+/m0/s1. The van der Waals surface area contributed by atoms with Gasteiger partial charge in [0.05, 0.1) is 5.92 Å². The number of carbonyl (C=O) groups is 2. The van der Waals surface area contributed by atoms with Crippen molar-refractivity contribution in [1.29, 1.82) is 0 Å². The first-order valence-corrected chi connectivity index (χ1v) is 4.58. The summed E-state index contributed by atoms with van der Waals surface area (Å²) in [6.07, 6.45) is -5.99. The van der Waals surface area contributed by atoms with Crippen molar-refractivity contribution in [3.05, 3.63) is 0 Å². The summed E-state index contributed by atoms with van der Waals surface area (Å²) in [5.74, 6) is -9.11. The van der Waals surface area contributed by atoms with Gasteiger partial charge in [0.2, 0.25) is 0 Å². The average molecular weight is 259 g/mol. The number of nitrogens with zero attached hydrogens (tertiary/aromatic N) is 1. The van der Waals surface area contributed by atoms with E-state index in [0.29, 0.717) is 0 Å². The third-order valence-corrected chi connectivity index (χ3v) is 3.04. The lowest BCUT2D eigenvalue weighted by Gasteiger charge is -2.26. The molecule has 0 aromatic heterocycles. The Morgan fingerprint density at radius 2 is 1.82 bits per heavy atom. The topological polar surface area (TPSA) is 57.6 Å². The third-order valence-electron chi connectivity index (χ3n) is 3.04. The molecule has 1 aliphatic heterocycles. The van der Waals surface area contributed by atoms with Crippen molar-refractivity contribution in [2.45, 2.75) is 30.6 Å². The van der Waals surface area contributed by atoms with Crippen LogP contribution in [0.25, 0.3) is 0 Å². The zero-order valence-electron chi connectivity index (χ0n) is 8.04. The highest BCUT2D eigenvalue weighted by Gasteiger charge is 2.78. The number of aliphatic carboxylic acids is 1. The molecule has 17 heavy (non-hydrogen) atoms. The minimum Gasteiger partial charge on any atom is -0.480 e. The molecular formula is C8H6F5NO3. The second-order valence-corrected chi connectivity index (χ2v) is 4.03. The van der Waals surface area contributed by atoms with E-state index in [9.17, 15) is 31.5 Å². The SMILES string of the molecule is O=C(O)[C@@H]1C[C@H]2[C@@H](N1C(=O)C(F)(F)F)C2(F)F. The van der Waals surface area contributed by atoms with Gasteiger partial charge in [-0.25, -0.2) is 13.6 Å². The number of likely N-dealkylation sites (tertiary alicyclic amines) is 1. The van der Waals surface area contributed by atoms with Gasteiger partial charge >= 0.3 is 18.1 Å². The molecular weight excluding hydrogens is 253 g/mol. The Labute approximate surface area is 91.0 Å². The maximum Gasteiger partial charge on any atom is 0.471 e. The summed E-state index contributed by atoms with van der Waals surface area (Å²) >= 11 is 0. The van der Waals surface area contributed by atoms with Gasteiger partial charge < -0.3 is 10.0 Å². The normalized spacial score (nSPS) is 34.4. The third kappa shape index (κ3) is 1.55. The second kappa shape index (κ2) is 3.08. The van der Waals surface area contributed by atoms with E-state index in [1.807, 2.05) is 0 Å². The van der Waals surface area contributed by atoms with Crippen LogP contribution in [0.2, 0.25) is 0 Å². The number of alkyl halides is 5. The van der Waals surface area contributed by atoms with Crippen molar-refractivity contribution in [3.63, 3.8) is 0 Å². The predicted molar refractivity (Wildman–Crippen MR) is 41.2 cm³/mol. The zero-order valence-corrected chi connectivity index (χ0v) is 8.04. The second-order valence-electron chi connectivity index (χ2n) is 4.03. The minimum atomic E-state index is -5.35. The van der Waals surface area contributed by atoms with Crippen LogP contribution in [0.5, 0.6) is 0 Å². The fraction of sp³-hybridized carbons (Fsp3) is 0.750. The van der Waals surface area contributed by atoms with Crippen LogP contribution in [0.3, 0.4) is 0 Å². The highest BCUT2D eigenvalue weighted by molar-refractivity contribution is 5.89. The summed E-state index contributed by atoms with van der Waals surface area (Å²) in [6, 6.07) is -3.75. The smallest absolute Gasteiger partial charge is 0.471 e. The Morgan fingerprint density at radius 3 is 2.24 bits per heavy atom. The van der Waals surface area contributed by atoms with Crippen molar-refractivity contribution in [1.82, 2.24) is 4.90 Å². The Bertz CT molecular complexity index is 393. The summed E-state index contributed by atoms with van der Waals surface area (Å²) in [5.41, 5.74) is 0. The molecule has 2 fully saturated rings. The first-order chi connectivity index (χ1) is 7.58. The number of hydrogen-bond acceptors (Lipinski definition) is 2. The Morgan fingerprint density at radius 1 is 1.29 bits per heavy atom. The molecule has 0 aromatic carbocycles. The van der Waals surface area contributed by atoms with E-state index in [1.54, 1.807) is 0 Å². The molecule has 1 heterocycles. The average Bonchev–Trinajstić information content (AvgIpc) is 2.59. The van der Waals surface area contributed by atoms with E-state index in [2.05, 4.69) is 0 Å². The number of amides is 1. The van der Waals surface area contributed by atoms with Crippen LogP contribution in [0.1, 0.15) is 6.42 Å². The molecule has 2 aliphatic rings. The van der Waals surface area contributed by atoms with Gasteiger partial charge in [-0.2, -0.15) is 13.2 Å². The number of carboxylic acids is 1. The van der Waals surface area contributed by atoms with Crippen molar-refractivity contribution >= 4 is 11.9 Å². The lowest BCUT2D eigenvalue weighted by atomic mass is 10.1. The van der Waals surface area contributed by atoms with Gasteiger partial charge in [-0.15, -0.1) is 0 Å². The molecule has 9 heteroatoms. The van der Waals surface area contributed by atoms with Crippen LogP contribution in [0.15, 0.2) is 0 Å². The predicted octanol–water partition coefficient (Wildman–Crippen LogP) is 0.868. The molecule has 0 radical (unpaired) electrons. The number of carboxylic acid groups (broad SMARTS) is 1. The summed E-state index contributed by atoms with van der Waals surface area (Å²) in [4.78, 5) is 21.3. The molecule has 1 N–H and O–H groups in total. The van der Waals surface area contributed by atoms with Gasteiger partial charge in [0, 0.05) is 0 Å². The lowest BCUT2D eigenvalue weighted by molar-refractivity contribution is -0.191. The maximum absolute atomic E-state index is 12.9. The van der Waals surface area contributed by atoms with E-state index in [1.165, 1.54) is 0 Å². The van der Waals surface area contributed by atoms with Gasteiger partial charge in [-0.3, -0.25) is 4.79 Å². The highest BCUT2D eigenvalue weighted by Crippen LogP contribution is 2.60. The molecule has 0 unspecified atom stereocenters. The fourth-order valence-corrected chi connectivity index (χ4v) is 2.22. The summed E-state index contributed by atoms with van der Waals surface area (Å²) in [6.45, 7) is 0. The fourth-order valence-electron chi connectivity index (χ4n) is 2.22. The molecule has 0 spiro atoms. The van der Waals surface area contributed by atoms with E-state index in [0.717, 1.165) is 0 Å². The van der Waals surface area contributed by atoms with Crippen LogP contribution in [0.4, 0.5) is 22.0 Å². The summed E-state index contributed by atoms with van der Waals surface area (Å²) < 4.78 is 62.3. The summed E-state index contributed by atoms with van der Waals surface area (Å²) in [7, 11) is 0. The number of fused-ring (bicyclic) bond motifs is 1. The van der Waals surface area contributed by atoms with E-state index >= 15 is 0 Å². The van der Waals surface area contributed by atoms with E-state index in [-0.39, 0.29) is 4.90 Å². The van der Waals surface area contributed by atoms with Crippen LogP contribution >= 0.6 is 0 Å². The molecule has 1 saturated heterocycles. The van der Waals surface area contributed by atoms with Gasteiger partial charge in [-0.05, 0) is 6.42 Å². The quantitative estimate of drug-likeness (QED) is 0.711. The molecule has 1 aliphatic carbocycles. The molecule has 3 atom stereocenters. The maximum atomic E-state index is 12.9. The highest BCUT2D eigenvalue weighted by atomic mass is 19.4. The molecule has 0 aromatic rings. The van der Waals surface area contributed by atoms with E-state index < -0.39 is 48.4 Å². The van der Waals surface area contributed by atoms with Crippen LogP contribution in [-0.4, -0.2) is 46.1 Å². The Balaban J connectivity index is 2.28. The minimum absolute atomic E-state index is 0.243. The lowest BCUT2D eigenvalue weighted by Crippen LogP contribution is -2.50. The number of hydrogen-bond donors (Lipinski definition) is 1. The van der Waals surface area contributed by atoms with Crippen LogP contribution in [-0.2, 0) is 9.59 Å². The molecule has 1 saturated carbocycles. The van der Waals surface area contributed by atoms with Gasteiger partial charge in [0.1, 0.15) is 12.1 Å². The van der Waals surface area contributed by atoms with Gasteiger partial charge in [-0.1, -0.05) is 0 Å². The Kier molecular flexibility index (Phi) is 2.18. The molecule has 0 bridgehead atoms. The first kappa shape index (κ1) is 12.1. The molecule has 4 nitrogen and oxygen atoms in total. The van der Waals surface area contributed by atoms with E-state index in [4.69, 9.17) is 5.11 Å². The summed E-state index contributed by atoms with van der Waals surface area (Å²) in [5, 5.41) is 8.60. The Hall–Kier alpha value is -1.41.